The van der Waals surface area contributed by atoms with Gasteiger partial charge in [-0.25, -0.2) is 19.3 Å². The van der Waals surface area contributed by atoms with E-state index < -0.39 is 12.7 Å². The molecular formula is C24H26FN5O4. The number of halogens is 1. The van der Waals surface area contributed by atoms with Crippen LogP contribution in [0.3, 0.4) is 0 Å². The molecule has 9 nitrogen and oxygen atoms in total. The largest absolute Gasteiger partial charge is 0.481 e. The second kappa shape index (κ2) is 10.1. The number of nitrogen functional groups attached to an aromatic ring is 1. The summed E-state index contributed by atoms with van der Waals surface area (Å²) in [6.07, 6.45) is -0.0577. The van der Waals surface area contributed by atoms with Crippen LogP contribution in [-0.4, -0.2) is 57.3 Å². The van der Waals surface area contributed by atoms with E-state index in [1.54, 1.807) is 24.3 Å². The van der Waals surface area contributed by atoms with Gasteiger partial charge in [0.05, 0.1) is 36.5 Å². The summed E-state index contributed by atoms with van der Waals surface area (Å²) in [5.74, 6) is 0.0738. The van der Waals surface area contributed by atoms with Crippen LogP contribution in [0.1, 0.15) is 34.9 Å². The summed E-state index contributed by atoms with van der Waals surface area (Å²) in [5, 5.41) is 22.9. The number of anilines is 1. The van der Waals surface area contributed by atoms with Crippen molar-refractivity contribution in [3.63, 3.8) is 0 Å². The maximum atomic E-state index is 14.3. The zero-order valence-corrected chi connectivity index (χ0v) is 18.9. The zero-order chi connectivity index (χ0) is 24.2. The monoisotopic (exact) mass is 467 g/mol. The van der Waals surface area contributed by atoms with E-state index in [0.717, 1.165) is 11.1 Å². The molecule has 4 rings (SSSR count). The molecule has 2 heterocycles. The average molecular weight is 468 g/mol. The summed E-state index contributed by atoms with van der Waals surface area (Å²) in [6, 6.07) is 9.94. The van der Waals surface area contributed by atoms with E-state index in [-0.39, 0.29) is 24.3 Å². The number of rotatable bonds is 7. The maximum Gasteiger partial charge on any atom is 0.220 e. The fourth-order valence-electron chi connectivity index (χ4n) is 4.16. The number of pyridine rings is 1. The fourth-order valence-corrected chi connectivity index (χ4v) is 4.16. The first kappa shape index (κ1) is 23.5. The molecule has 10 heteroatoms. The molecule has 0 saturated heterocycles. The minimum atomic E-state index is -1.05. The van der Waals surface area contributed by atoms with E-state index in [2.05, 4.69) is 20.1 Å². The van der Waals surface area contributed by atoms with Crippen molar-refractivity contribution >= 4 is 11.7 Å². The lowest BCUT2D eigenvalue weighted by molar-refractivity contribution is 0.00812. The summed E-state index contributed by atoms with van der Waals surface area (Å²) in [7, 11) is 1.53. The molecule has 2 aromatic heterocycles. The SMILES string of the molecule is COc1cccc(-c2cc(F)ccc2[C@@H]2CC(=NOC[C@H](O)CO)c3c(C)nc(N)nc3C2)n1. The van der Waals surface area contributed by atoms with Gasteiger partial charge in [0.25, 0.3) is 0 Å². The van der Waals surface area contributed by atoms with Gasteiger partial charge in [0.2, 0.25) is 11.8 Å². The molecule has 178 valence electrons. The highest BCUT2D eigenvalue weighted by atomic mass is 19.1. The summed E-state index contributed by atoms with van der Waals surface area (Å²) in [4.78, 5) is 18.5. The van der Waals surface area contributed by atoms with Crippen molar-refractivity contribution in [3.05, 3.63) is 64.7 Å². The van der Waals surface area contributed by atoms with E-state index >= 15 is 0 Å². The highest BCUT2D eigenvalue weighted by molar-refractivity contribution is 6.03. The van der Waals surface area contributed by atoms with Gasteiger partial charge in [0.15, 0.2) is 0 Å². The van der Waals surface area contributed by atoms with Crippen LogP contribution in [0, 0.1) is 12.7 Å². The Kier molecular flexibility index (Phi) is 6.99. The highest BCUT2D eigenvalue weighted by Crippen LogP contribution is 2.38. The van der Waals surface area contributed by atoms with Gasteiger partial charge in [-0.05, 0) is 43.0 Å². The third-order valence-electron chi connectivity index (χ3n) is 5.67. The van der Waals surface area contributed by atoms with Gasteiger partial charge in [-0.15, -0.1) is 0 Å². The lowest BCUT2D eigenvalue weighted by Crippen LogP contribution is -2.25. The van der Waals surface area contributed by atoms with Crippen LogP contribution < -0.4 is 10.5 Å². The Balaban J connectivity index is 1.77. The second-order valence-corrected chi connectivity index (χ2v) is 8.06. The molecule has 0 amide bonds. The number of aliphatic hydroxyl groups is 2. The summed E-state index contributed by atoms with van der Waals surface area (Å²) < 4.78 is 19.5. The highest BCUT2D eigenvalue weighted by Gasteiger charge is 2.31. The molecule has 0 spiro atoms. The summed E-state index contributed by atoms with van der Waals surface area (Å²) in [6.45, 7) is 1.22. The van der Waals surface area contributed by atoms with Crippen LogP contribution in [0.25, 0.3) is 11.3 Å². The molecule has 34 heavy (non-hydrogen) atoms. The van der Waals surface area contributed by atoms with E-state index in [9.17, 15) is 9.50 Å². The van der Waals surface area contributed by atoms with E-state index in [1.807, 2.05) is 6.92 Å². The number of benzene rings is 1. The molecule has 3 aromatic rings. The number of aryl methyl sites for hydroxylation is 1. The zero-order valence-electron chi connectivity index (χ0n) is 18.9. The van der Waals surface area contributed by atoms with E-state index in [4.69, 9.17) is 20.4 Å². The molecule has 1 aromatic carbocycles. The molecule has 0 aliphatic heterocycles. The van der Waals surface area contributed by atoms with E-state index in [1.165, 1.54) is 19.2 Å². The molecule has 0 fully saturated rings. The minimum absolute atomic E-state index is 0.130. The van der Waals surface area contributed by atoms with Crippen LogP contribution in [0.15, 0.2) is 41.6 Å². The van der Waals surface area contributed by atoms with Crippen LogP contribution in [0.2, 0.25) is 0 Å². The molecule has 1 aliphatic carbocycles. The Morgan fingerprint density at radius 2 is 2.03 bits per heavy atom. The summed E-state index contributed by atoms with van der Waals surface area (Å²) >= 11 is 0. The summed E-state index contributed by atoms with van der Waals surface area (Å²) in [5.41, 5.74) is 10.7. The molecule has 0 saturated carbocycles. The molecule has 1 aliphatic rings. The van der Waals surface area contributed by atoms with Gasteiger partial charge in [-0.3, -0.25) is 0 Å². The smallest absolute Gasteiger partial charge is 0.220 e. The number of nitrogens with two attached hydrogens (primary N) is 1. The van der Waals surface area contributed by atoms with Crippen molar-refractivity contribution < 1.29 is 24.2 Å². The lowest BCUT2D eigenvalue weighted by Gasteiger charge is -2.28. The Labute approximate surface area is 196 Å². The van der Waals surface area contributed by atoms with Crippen molar-refractivity contribution in [1.82, 2.24) is 15.0 Å². The number of aliphatic hydroxyl groups excluding tert-OH is 2. The van der Waals surface area contributed by atoms with E-state index in [0.29, 0.717) is 47.1 Å². The normalized spacial score (nSPS) is 17.3. The number of nitrogens with zero attached hydrogens (tertiary/aromatic N) is 4. The number of fused-ring (bicyclic) bond motifs is 1. The molecule has 0 bridgehead atoms. The number of hydrogen-bond donors (Lipinski definition) is 3. The number of oxime groups is 1. The third kappa shape index (κ3) is 4.97. The van der Waals surface area contributed by atoms with Crippen molar-refractivity contribution in [1.29, 1.82) is 0 Å². The quantitative estimate of drug-likeness (QED) is 0.451. The molecular weight excluding hydrogens is 441 g/mol. The second-order valence-electron chi connectivity index (χ2n) is 8.06. The Morgan fingerprint density at radius 1 is 1.21 bits per heavy atom. The number of hydrogen-bond acceptors (Lipinski definition) is 9. The first-order valence-corrected chi connectivity index (χ1v) is 10.8. The third-order valence-corrected chi connectivity index (χ3v) is 5.67. The Morgan fingerprint density at radius 3 is 2.79 bits per heavy atom. The standard InChI is InChI=1S/C24H26FN5O4/c1-13-23-20(29-24(26)27-13)8-14(9-21(23)30-34-12-16(32)11-31)17-7-6-15(25)10-18(17)19-4-3-5-22(28-19)33-2/h3-7,10,14,16,31-32H,8-9,11-12H2,1-2H3,(H2,26,27,29)/t14-,16+/m0/s1. The van der Waals surface area contributed by atoms with Gasteiger partial charge in [-0.1, -0.05) is 17.3 Å². The van der Waals surface area contributed by atoms with Crippen molar-refractivity contribution in [2.45, 2.75) is 31.8 Å². The van der Waals surface area contributed by atoms with Crippen molar-refractivity contribution in [2.75, 3.05) is 26.1 Å². The van der Waals surface area contributed by atoms with Crippen molar-refractivity contribution in [2.24, 2.45) is 5.16 Å². The topological polar surface area (TPSA) is 136 Å². The predicted octanol–water partition coefficient (Wildman–Crippen LogP) is 2.38. The maximum absolute atomic E-state index is 14.3. The average Bonchev–Trinajstić information content (AvgIpc) is 2.83. The first-order valence-electron chi connectivity index (χ1n) is 10.8. The number of aromatic nitrogens is 3. The van der Waals surface area contributed by atoms with Gasteiger partial charge < -0.3 is 25.5 Å². The first-order chi connectivity index (χ1) is 16.4. The van der Waals surface area contributed by atoms with Gasteiger partial charge >= 0.3 is 0 Å². The molecule has 2 atom stereocenters. The lowest BCUT2D eigenvalue weighted by atomic mass is 9.79. The predicted molar refractivity (Wildman–Crippen MR) is 124 cm³/mol. The molecule has 0 unspecified atom stereocenters. The molecule has 4 N–H and O–H groups in total. The van der Waals surface area contributed by atoms with Gasteiger partial charge in [0, 0.05) is 23.6 Å². The number of ether oxygens (including phenoxy) is 1. The van der Waals surface area contributed by atoms with Crippen LogP contribution in [-0.2, 0) is 11.3 Å². The van der Waals surface area contributed by atoms with Crippen LogP contribution >= 0.6 is 0 Å². The fraction of sp³-hybridized carbons (Fsp3) is 0.333. The van der Waals surface area contributed by atoms with Gasteiger partial charge in [0.1, 0.15) is 18.5 Å². The molecule has 0 radical (unpaired) electrons. The Bertz CT molecular complexity index is 1220. The van der Waals surface area contributed by atoms with Crippen LogP contribution in [0.4, 0.5) is 10.3 Å². The van der Waals surface area contributed by atoms with Gasteiger partial charge in [-0.2, -0.15) is 0 Å². The minimum Gasteiger partial charge on any atom is -0.481 e. The Hall–Kier alpha value is -3.63. The van der Waals surface area contributed by atoms with Crippen LogP contribution in [0.5, 0.6) is 5.88 Å². The van der Waals surface area contributed by atoms with Crippen molar-refractivity contribution in [3.8, 4) is 17.1 Å². The number of methoxy groups -OCH3 is 1.